The van der Waals surface area contributed by atoms with Gasteiger partial charge in [-0.05, 0) is 18.2 Å². The quantitative estimate of drug-likeness (QED) is 0.802. The maximum Gasteiger partial charge on any atom is 0.166 e. The van der Waals surface area contributed by atoms with E-state index in [0.717, 1.165) is 29.2 Å². The molecular formula is C13H19NO3S. The number of rotatable bonds is 6. The predicted molar refractivity (Wildman–Crippen MR) is 73.2 cm³/mol. The molecular weight excluding hydrogens is 250 g/mol. The molecule has 100 valence electrons. The lowest BCUT2D eigenvalue weighted by Crippen LogP contribution is -2.18. The second kappa shape index (κ2) is 6.87. The third kappa shape index (κ3) is 3.31. The normalized spacial score (nSPS) is 18.9. The molecule has 1 aliphatic rings. The van der Waals surface area contributed by atoms with Crippen molar-refractivity contribution in [3.63, 3.8) is 0 Å². The molecule has 1 atom stereocenters. The zero-order valence-electron chi connectivity index (χ0n) is 10.8. The van der Waals surface area contributed by atoms with Gasteiger partial charge in [0.05, 0.1) is 14.2 Å². The summed E-state index contributed by atoms with van der Waals surface area (Å²) in [7, 11) is 3.27. The van der Waals surface area contributed by atoms with Gasteiger partial charge in [-0.2, -0.15) is 17.2 Å². The number of nitrogens with one attached hydrogen (secondary N) is 1. The average molecular weight is 269 g/mol. The lowest BCUT2D eigenvalue weighted by molar-refractivity contribution is 0.0853. The van der Waals surface area contributed by atoms with Gasteiger partial charge in [-0.15, -0.1) is 0 Å². The highest BCUT2D eigenvalue weighted by Crippen LogP contribution is 2.34. The minimum absolute atomic E-state index is 0.285. The Labute approximate surface area is 112 Å². The Morgan fingerprint density at radius 2 is 2.28 bits per heavy atom. The van der Waals surface area contributed by atoms with Crippen molar-refractivity contribution in [3.05, 3.63) is 23.8 Å². The van der Waals surface area contributed by atoms with Crippen molar-refractivity contribution in [2.24, 2.45) is 0 Å². The van der Waals surface area contributed by atoms with Gasteiger partial charge < -0.3 is 14.3 Å². The first kappa shape index (κ1) is 13.5. The van der Waals surface area contributed by atoms with Crippen LogP contribution in [0.4, 0.5) is 0 Å². The molecule has 1 unspecified atom stereocenters. The Bertz CT molecular complexity index is 380. The van der Waals surface area contributed by atoms with Crippen molar-refractivity contribution in [2.75, 3.05) is 25.7 Å². The predicted octanol–water partition coefficient (Wildman–Crippen LogP) is 2.23. The molecule has 5 heteroatoms. The molecule has 0 bridgehead atoms. The molecule has 1 aromatic rings. The van der Waals surface area contributed by atoms with E-state index in [9.17, 15) is 0 Å². The van der Waals surface area contributed by atoms with Crippen molar-refractivity contribution in [3.8, 4) is 11.5 Å². The lowest BCUT2D eigenvalue weighted by atomic mass is 10.2. The van der Waals surface area contributed by atoms with Crippen LogP contribution in [0.3, 0.4) is 0 Å². The average Bonchev–Trinajstić information content (AvgIpc) is 2.90. The first-order valence-electron chi connectivity index (χ1n) is 6.01. The Balaban J connectivity index is 2.16. The van der Waals surface area contributed by atoms with Crippen LogP contribution in [0.5, 0.6) is 11.5 Å². The van der Waals surface area contributed by atoms with Gasteiger partial charge in [-0.25, -0.2) is 0 Å². The van der Waals surface area contributed by atoms with Crippen LogP contribution in [0, 0.1) is 0 Å². The van der Waals surface area contributed by atoms with Gasteiger partial charge in [0.1, 0.15) is 6.10 Å². The topological polar surface area (TPSA) is 39.7 Å². The molecule has 1 aromatic carbocycles. The Kier molecular flexibility index (Phi) is 5.16. The summed E-state index contributed by atoms with van der Waals surface area (Å²) in [5, 5.41) is 0. The smallest absolute Gasteiger partial charge is 0.166 e. The summed E-state index contributed by atoms with van der Waals surface area (Å²) < 4.78 is 11.5. The molecule has 0 aliphatic carbocycles. The summed E-state index contributed by atoms with van der Waals surface area (Å²) in [4.78, 5) is 4.89. The van der Waals surface area contributed by atoms with Crippen LogP contribution in [0.1, 0.15) is 12.0 Å². The number of ether oxygens (including phenoxy) is 2. The van der Waals surface area contributed by atoms with E-state index in [-0.39, 0.29) is 6.10 Å². The minimum atomic E-state index is 0.285. The minimum Gasteiger partial charge on any atom is -0.493 e. The molecule has 1 aliphatic heterocycles. The van der Waals surface area contributed by atoms with E-state index < -0.39 is 0 Å². The summed E-state index contributed by atoms with van der Waals surface area (Å²) in [6.07, 6.45) is 1.38. The zero-order valence-corrected chi connectivity index (χ0v) is 11.6. The summed E-state index contributed by atoms with van der Waals surface area (Å²) in [5.74, 6) is 3.83. The first-order chi connectivity index (χ1) is 8.85. The van der Waals surface area contributed by atoms with Gasteiger partial charge in [0.15, 0.2) is 11.5 Å². The van der Waals surface area contributed by atoms with E-state index >= 15 is 0 Å². The fraction of sp³-hybridized carbons (Fsp3) is 0.538. The molecule has 1 fully saturated rings. The standard InChI is InChI=1S/C13H19NO3S/c1-15-12-5-3-4-10(8-14-16-2)13(12)17-11-6-7-18-9-11/h3-5,11,14H,6-9H2,1-2H3. The van der Waals surface area contributed by atoms with Crippen molar-refractivity contribution in [1.82, 2.24) is 5.48 Å². The Morgan fingerprint density at radius 3 is 2.94 bits per heavy atom. The number of hydrogen-bond donors (Lipinski definition) is 1. The van der Waals surface area contributed by atoms with Crippen molar-refractivity contribution in [2.45, 2.75) is 19.1 Å². The van der Waals surface area contributed by atoms with Crippen LogP contribution in [0.2, 0.25) is 0 Å². The highest BCUT2D eigenvalue weighted by molar-refractivity contribution is 7.99. The van der Waals surface area contributed by atoms with Crippen LogP contribution < -0.4 is 15.0 Å². The lowest BCUT2D eigenvalue weighted by Gasteiger charge is -2.18. The van der Waals surface area contributed by atoms with Crippen molar-refractivity contribution >= 4 is 11.8 Å². The van der Waals surface area contributed by atoms with Crippen LogP contribution in [-0.2, 0) is 11.4 Å². The van der Waals surface area contributed by atoms with Crippen molar-refractivity contribution in [1.29, 1.82) is 0 Å². The maximum absolute atomic E-state index is 6.08. The monoisotopic (exact) mass is 269 g/mol. The Morgan fingerprint density at radius 1 is 1.39 bits per heavy atom. The number of hydroxylamine groups is 1. The van der Waals surface area contributed by atoms with Crippen molar-refractivity contribution < 1.29 is 14.3 Å². The van der Waals surface area contributed by atoms with Gasteiger partial charge in [0, 0.05) is 17.9 Å². The third-order valence-electron chi connectivity index (χ3n) is 2.86. The van der Waals surface area contributed by atoms with Crippen LogP contribution in [-0.4, -0.2) is 31.8 Å². The fourth-order valence-corrected chi connectivity index (χ4v) is 3.01. The summed E-state index contributed by atoms with van der Waals surface area (Å²) in [6, 6.07) is 5.90. The largest absolute Gasteiger partial charge is 0.493 e. The number of para-hydroxylation sites is 1. The van der Waals surface area contributed by atoms with Gasteiger partial charge >= 0.3 is 0 Å². The van der Waals surface area contributed by atoms with E-state index in [2.05, 4.69) is 5.48 Å². The van der Waals surface area contributed by atoms with E-state index in [0.29, 0.717) is 6.54 Å². The molecule has 0 amide bonds. The van der Waals surface area contributed by atoms with Crippen LogP contribution in [0.25, 0.3) is 0 Å². The number of methoxy groups -OCH3 is 1. The highest BCUT2D eigenvalue weighted by atomic mass is 32.2. The van der Waals surface area contributed by atoms with Gasteiger partial charge in [-0.1, -0.05) is 12.1 Å². The number of benzene rings is 1. The van der Waals surface area contributed by atoms with E-state index in [1.807, 2.05) is 30.0 Å². The molecule has 1 N–H and O–H groups in total. The highest BCUT2D eigenvalue weighted by Gasteiger charge is 2.20. The van der Waals surface area contributed by atoms with Crippen LogP contribution in [0.15, 0.2) is 18.2 Å². The van der Waals surface area contributed by atoms with Gasteiger partial charge in [-0.3, -0.25) is 0 Å². The molecule has 0 saturated carbocycles. The maximum atomic E-state index is 6.08. The second-order valence-electron chi connectivity index (χ2n) is 4.08. The van der Waals surface area contributed by atoms with E-state index in [1.165, 1.54) is 5.75 Å². The summed E-state index contributed by atoms with van der Waals surface area (Å²) in [5.41, 5.74) is 3.89. The molecule has 1 saturated heterocycles. The number of thioether (sulfide) groups is 1. The van der Waals surface area contributed by atoms with E-state index in [4.69, 9.17) is 14.3 Å². The second-order valence-corrected chi connectivity index (χ2v) is 5.23. The Hall–Kier alpha value is -0.910. The van der Waals surface area contributed by atoms with Gasteiger partial charge in [0.2, 0.25) is 0 Å². The summed E-state index contributed by atoms with van der Waals surface area (Å²) >= 11 is 1.93. The fourth-order valence-electron chi connectivity index (χ4n) is 1.92. The van der Waals surface area contributed by atoms with Crippen LogP contribution >= 0.6 is 11.8 Å². The molecule has 0 radical (unpaired) electrons. The zero-order chi connectivity index (χ0) is 12.8. The molecule has 4 nitrogen and oxygen atoms in total. The molecule has 1 heterocycles. The number of hydrogen-bond acceptors (Lipinski definition) is 5. The third-order valence-corrected chi connectivity index (χ3v) is 3.99. The van der Waals surface area contributed by atoms with Gasteiger partial charge in [0.25, 0.3) is 0 Å². The molecule has 2 rings (SSSR count). The van der Waals surface area contributed by atoms with E-state index in [1.54, 1.807) is 14.2 Å². The molecule has 0 aromatic heterocycles. The summed E-state index contributed by atoms with van der Waals surface area (Å²) in [6.45, 7) is 0.600. The molecule has 18 heavy (non-hydrogen) atoms. The first-order valence-corrected chi connectivity index (χ1v) is 7.16. The molecule has 0 spiro atoms. The SMILES string of the molecule is CONCc1cccc(OC)c1OC1CCSC1.